The molecule has 0 saturated heterocycles. The molecular formula is C20H22ClNO2. The lowest BCUT2D eigenvalue weighted by molar-refractivity contribution is -0.0387. The fourth-order valence-corrected chi connectivity index (χ4v) is 3.96. The molecule has 2 aliphatic rings. The van der Waals surface area contributed by atoms with Gasteiger partial charge in [-0.3, -0.25) is 0 Å². The minimum Gasteiger partial charge on any atom is -0.487 e. The molecule has 0 aromatic heterocycles. The Kier molecular flexibility index (Phi) is 4.25. The van der Waals surface area contributed by atoms with Gasteiger partial charge in [-0.1, -0.05) is 41.9 Å². The van der Waals surface area contributed by atoms with Gasteiger partial charge in [0.2, 0.25) is 0 Å². The van der Waals surface area contributed by atoms with Gasteiger partial charge in [-0.25, -0.2) is 0 Å². The number of halogens is 1. The highest BCUT2D eigenvalue weighted by atomic mass is 35.5. The molecule has 2 aromatic carbocycles. The fourth-order valence-electron chi connectivity index (χ4n) is 3.84. The van der Waals surface area contributed by atoms with Gasteiger partial charge in [0.25, 0.3) is 0 Å². The second-order valence-corrected chi connectivity index (χ2v) is 7.32. The maximum Gasteiger partial charge on any atom is 0.124 e. The van der Waals surface area contributed by atoms with Gasteiger partial charge >= 0.3 is 0 Å². The highest BCUT2D eigenvalue weighted by molar-refractivity contribution is 6.30. The van der Waals surface area contributed by atoms with Crippen molar-refractivity contribution < 1.29 is 9.84 Å². The summed E-state index contributed by atoms with van der Waals surface area (Å²) in [6, 6.07) is 16.0. The maximum absolute atomic E-state index is 9.90. The lowest BCUT2D eigenvalue weighted by Crippen LogP contribution is -2.49. The number of aliphatic hydroxyl groups is 1. The molecular weight excluding hydrogens is 322 g/mol. The minimum absolute atomic E-state index is 0.0218. The fraction of sp³-hybridized carbons (Fsp3) is 0.400. The van der Waals surface area contributed by atoms with E-state index in [0.29, 0.717) is 5.02 Å². The second-order valence-electron chi connectivity index (χ2n) is 6.89. The summed E-state index contributed by atoms with van der Waals surface area (Å²) in [5, 5.41) is 14.3. The van der Waals surface area contributed by atoms with Crippen molar-refractivity contribution in [3.63, 3.8) is 0 Å². The number of ether oxygens (including phenoxy) is 1. The molecule has 3 nitrogen and oxygen atoms in total. The average molecular weight is 344 g/mol. The van der Waals surface area contributed by atoms with Crippen LogP contribution < -0.4 is 10.1 Å². The third-order valence-corrected chi connectivity index (χ3v) is 5.57. The third kappa shape index (κ3) is 2.92. The van der Waals surface area contributed by atoms with Crippen LogP contribution in [-0.4, -0.2) is 17.3 Å². The molecule has 4 heteroatoms. The third-order valence-electron chi connectivity index (χ3n) is 5.32. The van der Waals surface area contributed by atoms with Crippen LogP contribution in [0.5, 0.6) is 5.75 Å². The molecule has 2 unspecified atom stereocenters. The Morgan fingerprint density at radius 2 is 1.92 bits per heavy atom. The monoisotopic (exact) mass is 343 g/mol. The Bertz CT molecular complexity index is 712. The lowest BCUT2D eigenvalue weighted by atomic mass is 9.73. The number of benzene rings is 2. The van der Waals surface area contributed by atoms with E-state index in [4.69, 9.17) is 16.3 Å². The Balaban J connectivity index is 1.61. The number of hydrogen-bond acceptors (Lipinski definition) is 3. The van der Waals surface area contributed by atoms with Gasteiger partial charge in [0.05, 0.1) is 12.6 Å². The Hall–Kier alpha value is -1.55. The Labute approximate surface area is 147 Å². The van der Waals surface area contributed by atoms with Gasteiger partial charge in [-0.05, 0) is 43.0 Å². The summed E-state index contributed by atoms with van der Waals surface area (Å²) in [4.78, 5) is 0. The van der Waals surface area contributed by atoms with Gasteiger partial charge in [-0.15, -0.1) is 0 Å². The molecule has 1 aliphatic heterocycles. The van der Waals surface area contributed by atoms with Crippen LogP contribution in [0.25, 0.3) is 0 Å². The van der Waals surface area contributed by atoms with Crippen molar-refractivity contribution in [2.45, 2.75) is 43.4 Å². The van der Waals surface area contributed by atoms with E-state index in [9.17, 15) is 5.11 Å². The number of para-hydroxylation sites is 1. The Morgan fingerprint density at radius 3 is 2.58 bits per heavy atom. The topological polar surface area (TPSA) is 41.5 Å². The molecule has 1 spiro atoms. The predicted molar refractivity (Wildman–Crippen MR) is 95.4 cm³/mol. The van der Waals surface area contributed by atoms with Crippen molar-refractivity contribution in [1.29, 1.82) is 0 Å². The lowest BCUT2D eigenvalue weighted by Gasteiger charge is -2.48. The van der Waals surface area contributed by atoms with Crippen LogP contribution in [0.4, 0.5) is 0 Å². The van der Waals surface area contributed by atoms with Crippen LogP contribution >= 0.6 is 11.6 Å². The predicted octanol–water partition coefficient (Wildman–Crippen LogP) is 4.41. The zero-order valence-corrected chi connectivity index (χ0v) is 14.3. The average Bonchev–Trinajstić information content (AvgIpc) is 2.59. The zero-order chi connectivity index (χ0) is 16.6. The van der Waals surface area contributed by atoms with Crippen LogP contribution in [0.15, 0.2) is 48.5 Å². The summed E-state index contributed by atoms with van der Waals surface area (Å²) in [7, 11) is 0. The molecule has 2 aromatic rings. The highest BCUT2D eigenvalue weighted by Gasteiger charge is 2.45. The summed E-state index contributed by atoms with van der Waals surface area (Å²) in [6.07, 6.45) is 4.41. The number of aliphatic hydroxyl groups excluding tert-OH is 1. The molecule has 1 fully saturated rings. The van der Waals surface area contributed by atoms with E-state index in [1.165, 1.54) is 12.0 Å². The van der Waals surface area contributed by atoms with Crippen molar-refractivity contribution in [2.24, 2.45) is 0 Å². The normalized spacial score (nSPS) is 22.3. The van der Waals surface area contributed by atoms with Crippen molar-refractivity contribution in [1.82, 2.24) is 5.32 Å². The van der Waals surface area contributed by atoms with Crippen molar-refractivity contribution in [2.75, 3.05) is 6.61 Å². The minimum atomic E-state index is -0.115. The van der Waals surface area contributed by atoms with Crippen LogP contribution in [0.1, 0.15) is 48.9 Å². The number of hydrogen-bond donors (Lipinski definition) is 2. The van der Waals surface area contributed by atoms with E-state index in [2.05, 4.69) is 17.4 Å². The largest absolute Gasteiger partial charge is 0.487 e. The van der Waals surface area contributed by atoms with Crippen molar-refractivity contribution in [3.05, 3.63) is 64.7 Å². The summed E-state index contributed by atoms with van der Waals surface area (Å²) in [5.41, 5.74) is 2.21. The number of fused-ring (bicyclic) bond motifs is 1. The van der Waals surface area contributed by atoms with E-state index >= 15 is 0 Å². The summed E-state index contributed by atoms with van der Waals surface area (Å²) in [6.45, 7) is 0.0498. The van der Waals surface area contributed by atoms with Crippen LogP contribution in [-0.2, 0) is 0 Å². The number of nitrogens with one attached hydrogen (secondary N) is 1. The van der Waals surface area contributed by atoms with Gasteiger partial charge in [0, 0.05) is 23.0 Å². The molecule has 1 saturated carbocycles. The van der Waals surface area contributed by atoms with E-state index in [1.807, 2.05) is 36.4 Å². The standard InChI is InChI=1S/C20H22ClNO2/c21-15-8-6-14(7-9-15)18(13-23)22-17-12-20(10-3-11-20)24-19-5-2-1-4-16(17)19/h1-2,4-9,17-18,22-23H,3,10-13H2. The van der Waals surface area contributed by atoms with Crippen molar-refractivity contribution in [3.8, 4) is 5.75 Å². The summed E-state index contributed by atoms with van der Waals surface area (Å²) < 4.78 is 6.30. The second kappa shape index (κ2) is 6.40. The van der Waals surface area contributed by atoms with Crippen LogP contribution in [0.2, 0.25) is 5.02 Å². The first-order chi connectivity index (χ1) is 11.7. The van der Waals surface area contributed by atoms with E-state index in [0.717, 1.165) is 30.6 Å². The van der Waals surface area contributed by atoms with Crippen LogP contribution in [0, 0.1) is 0 Å². The molecule has 0 bridgehead atoms. The Morgan fingerprint density at radius 1 is 1.17 bits per heavy atom. The molecule has 24 heavy (non-hydrogen) atoms. The molecule has 4 rings (SSSR count). The summed E-state index contributed by atoms with van der Waals surface area (Å²) in [5.74, 6) is 0.980. The zero-order valence-electron chi connectivity index (χ0n) is 13.5. The molecule has 0 amide bonds. The van der Waals surface area contributed by atoms with Gasteiger partial charge in [0.1, 0.15) is 11.4 Å². The smallest absolute Gasteiger partial charge is 0.124 e. The highest BCUT2D eigenvalue weighted by Crippen LogP contribution is 2.49. The maximum atomic E-state index is 9.90. The first-order valence-electron chi connectivity index (χ1n) is 8.59. The van der Waals surface area contributed by atoms with E-state index < -0.39 is 0 Å². The SMILES string of the molecule is OCC(NC1CC2(CCC2)Oc2ccccc21)c1ccc(Cl)cc1. The molecule has 126 valence electrons. The quantitative estimate of drug-likeness (QED) is 0.864. The van der Waals surface area contributed by atoms with Gasteiger partial charge < -0.3 is 15.2 Å². The van der Waals surface area contributed by atoms with E-state index in [1.54, 1.807) is 0 Å². The molecule has 2 atom stereocenters. The first-order valence-corrected chi connectivity index (χ1v) is 8.97. The van der Waals surface area contributed by atoms with E-state index in [-0.39, 0.29) is 24.3 Å². The summed E-state index contributed by atoms with van der Waals surface area (Å²) >= 11 is 5.98. The first kappa shape index (κ1) is 15.9. The van der Waals surface area contributed by atoms with Crippen molar-refractivity contribution >= 4 is 11.6 Å². The molecule has 1 aliphatic carbocycles. The van der Waals surface area contributed by atoms with Gasteiger partial charge in [0.15, 0.2) is 0 Å². The molecule has 1 heterocycles. The van der Waals surface area contributed by atoms with Gasteiger partial charge in [-0.2, -0.15) is 0 Å². The number of rotatable bonds is 4. The molecule has 2 N–H and O–H groups in total. The molecule has 0 radical (unpaired) electrons. The van der Waals surface area contributed by atoms with Crippen LogP contribution in [0.3, 0.4) is 0 Å².